The quantitative estimate of drug-likeness (QED) is 0.798. The summed E-state index contributed by atoms with van der Waals surface area (Å²) in [7, 11) is 0. The summed E-state index contributed by atoms with van der Waals surface area (Å²) < 4.78 is 1.53. The molecule has 0 fully saturated rings. The molecule has 1 aliphatic carbocycles. The predicted octanol–water partition coefficient (Wildman–Crippen LogP) is 3.98. The fourth-order valence-electron chi connectivity index (χ4n) is 2.54. The van der Waals surface area contributed by atoms with Crippen LogP contribution >= 0.6 is 23.1 Å². The molecular formula is C13H17NS2. The Hall–Kier alpha value is -0.250. The van der Waals surface area contributed by atoms with E-state index >= 15 is 0 Å². The van der Waals surface area contributed by atoms with Crippen LogP contribution in [0.1, 0.15) is 37.8 Å². The molecule has 0 aromatic carbocycles. The Morgan fingerprint density at radius 1 is 1.31 bits per heavy atom. The van der Waals surface area contributed by atoms with E-state index in [1.165, 1.54) is 23.5 Å². The van der Waals surface area contributed by atoms with Gasteiger partial charge >= 0.3 is 0 Å². The third kappa shape index (κ3) is 2.08. The van der Waals surface area contributed by atoms with Crippen molar-refractivity contribution < 1.29 is 0 Å². The van der Waals surface area contributed by atoms with Gasteiger partial charge in [-0.1, -0.05) is 19.1 Å². The van der Waals surface area contributed by atoms with E-state index in [1.54, 1.807) is 5.56 Å². The van der Waals surface area contributed by atoms with E-state index in [1.807, 2.05) is 23.1 Å². The molecule has 16 heavy (non-hydrogen) atoms. The van der Waals surface area contributed by atoms with Crippen LogP contribution in [0.4, 0.5) is 0 Å². The summed E-state index contributed by atoms with van der Waals surface area (Å²) >= 11 is 3.94. The Labute approximate surface area is 105 Å². The summed E-state index contributed by atoms with van der Waals surface area (Å²) in [6, 6.07) is 3.56. The van der Waals surface area contributed by atoms with Crippen LogP contribution in [0, 0.1) is 0 Å². The van der Waals surface area contributed by atoms with Gasteiger partial charge in [0.15, 0.2) is 0 Å². The van der Waals surface area contributed by atoms with Gasteiger partial charge in [-0.05, 0) is 36.3 Å². The van der Waals surface area contributed by atoms with Crippen molar-refractivity contribution in [3.63, 3.8) is 0 Å². The zero-order chi connectivity index (χ0) is 11.0. The fourth-order valence-corrected chi connectivity index (χ4v) is 5.11. The van der Waals surface area contributed by atoms with Gasteiger partial charge in [0.2, 0.25) is 0 Å². The summed E-state index contributed by atoms with van der Waals surface area (Å²) in [5, 5.41) is 6.80. The molecular weight excluding hydrogens is 234 g/mol. The molecule has 86 valence electrons. The Morgan fingerprint density at radius 3 is 2.94 bits per heavy atom. The maximum atomic E-state index is 3.82. The molecule has 1 unspecified atom stereocenters. The number of hydrogen-bond acceptors (Lipinski definition) is 3. The first kappa shape index (κ1) is 10.9. The minimum absolute atomic E-state index is 0.586. The molecule has 2 atom stereocenters. The maximum absolute atomic E-state index is 3.82. The van der Waals surface area contributed by atoms with Gasteiger partial charge in [0.05, 0.1) is 4.21 Å². The van der Waals surface area contributed by atoms with Crippen LogP contribution in [0.15, 0.2) is 27.8 Å². The van der Waals surface area contributed by atoms with Crippen LogP contribution in [0.2, 0.25) is 0 Å². The molecule has 2 aliphatic rings. The topological polar surface area (TPSA) is 12.0 Å². The molecule has 1 N–H and O–H groups in total. The number of thiophene rings is 1. The molecule has 0 radical (unpaired) electrons. The lowest BCUT2D eigenvalue weighted by molar-refractivity contribution is 0.420. The molecule has 0 saturated heterocycles. The lowest BCUT2D eigenvalue weighted by Crippen LogP contribution is -2.33. The molecule has 3 heteroatoms. The largest absolute Gasteiger partial charge is 0.306 e. The van der Waals surface area contributed by atoms with Gasteiger partial charge in [-0.2, -0.15) is 0 Å². The van der Waals surface area contributed by atoms with Gasteiger partial charge < -0.3 is 5.32 Å². The second-order valence-electron chi connectivity index (χ2n) is 4.69. The highest BCUT2D eigenvalue weighted by Crippen LogP contribution is 2.44. The van der Waals surface area contributed by atoms with Crippen LogP contribution in [0.5, 0.6) is 0 Å². The van der Waals surface area contributed by atoms with Crippen LogP contribution in [0.3, 0.4) is 0 Å². The molecule has 0 spiro atoms. The number of hydrogen-bond donors (Lipinski definition) is 1. The van der Waals surface area contributed by atoms with Crippen molar-refractivity contribution in [2.24, 2.45) is 0 Å². The van der Waals surface area contributed by atoms with Gasteiger partial charge in [0.1, 0.15) is 0 Å². The van der Waals surface area contributed by atoms with Crippen molar-refractivity contribution in [3.05, 3.63) is 29.2 Å². The minimum atomic E-state index is 0.586. The van der Waals surface area contributed by atoms with Crippen molar-refractivity contribution in [1.82, 2.24) is 5.32 Å². The Balaban J connectivity index is 1.75. The van der Waals surface area contributed by atoms with E-state index in [2.05, 4.69) is 35.8 Å². The monoisotopic (exact) mass is 251 g/mol. The molecule has 1 nitrogen and oxygen atoms in total. The van der Waals surface area contributed by atoms with Gasteiger partial charge in [-0.25, -0.2) is 0 Å². The SMILES string of the molecule is C[C@H]1CC(NC2CC=CC2)c2ccsc2S1. The Kier molecular flexibility index (Phi) is 3.09. The fraction of sp³-hybridized carbons (Fsp3) is 0.538. The predicted molar refractivity (Wildman–Crippen MR) is 72.3 cm³/mol. The first-order valence-corrected chi connectivity index (χ1v) is 7.74. The van der Waals surface area contributed by atoms with E-state index in [0.717, 1.165) is 5.25 Å². The van der Waals surface area contributed by atoms with Crippen molar-refractivity contribution >= 4 is 23.1 Å². The minimum Gasteiger partial charge on any atom is -0.306 e. The highest BCUT2D eigenvalue weighted by Gasteiger charge is 2.27. The van der Waals surface area contributed by atoms with E-state index in [4.69, 9.17) is 0 Å². The van der Waals surface area contributed by atoms with E-state index in [-0.39, 0.29) is 0 Å². The normalized spacial score (nSPS) is 29.6. The third-order valence-electron chi connectivity index (χ3n) is 3.35. The second-order valence-corrected chi connectivity index (χ2v) is 7.31. The first-order valence-electron chi connectivity index (χ1n) is 5.98. The highest BCUT2D eigenvalue weighted by molar-refractivity contribution is 8.01. The molecule has 1 aromatic heterocycles. The average molecular weight is 251 g/mol. The molecule has 0 bridgehead atoms. The lowest BCUT2D eigenvalue weighted by atomic mass is 10.0. The first-order chi connectivity index (χ1) is 7.83. The number of rotatable bonds is 2. The highest BCUT2D eigenvalue weighted by atomic mass is 32.2. The maximum Gasteiger partial charge on any atom is 0.0649 e. The summed E-state index contributed by atoms with van der Waals surface area (Å²) in [4.78, 5) is 0. The summed E-state index contributed by atoms with van der Waals surface area (Å²) in [5.74, 6) is 0. The van der Waals surface area contributed by atoms with Gasteiger partial charge in [0, 0.05) is 17.3 Å². The Morgan fingerprint density at radius 2 is 2.12 bits per heavy atom. The number of nitrogens with one attached hydrogen (secondary N) is 1. The third-order valence-corrected chi connectivity index (χ3v) is 5.70. The summed E-state index contributed by atoms with van der Waals surface area (Å²) in [5.41, 5.74) is 1.54. The van der Waals surface area contributed by atoms with Crippen LogP contribution in [0.25, 0.3) is 0 Å². The van der Waals surface area contributed by atoms with Crippen molar-refractivity contribution in [1.29, 1.82) is 0 Å². The van der Waals surface area contributed by atoms with Crippen molar-refractivity contribution in [2.75, 3.05) is 0 Å². The van der Waals surface area contributed by atoms with E-state index in [0.29, 0.717) is 12.1 Å². The standard InChI is InChI=1S/C13H17NS2/c1-9-8-12(14-10-4-2-3-5-10)11-6-7-15-13(11)16-9/h2-3,6-7,9-10,12,14H,4-5,8H2,1H3/t9-,12?/m0/s1. The van der Waals surface area contributed by atoms with Crippen LogP contribution in [-0.2, 0) is 0 Å². The van der Waals surface area contributed by atoms with E-state index in [9.17, 15) is 0 Å². The summed E-state index contributed by atoms with van der Waals surface area (Å²) in [6.07, 6.45) is 8.28. The molecule has 3 rings (SSSR count). The smallest absolute Gasteiger partial charge is 0.0649 e. The second kappa shape index (κ2) is 4.55. The van der Waals surface area contributed by atoms with Crippen molar-refractivity contribution in [3.8, 4) is 0 Å². The van der Waals surface area contributed by atoms with E-state index < -0.39 is 0 Å². The number of thioether (sulfide) groups is 1. The lowest BCUT2D eigenvalue weighted by Gasteiger charge is -2.30. The molecule has 0 amide bonds. The van der Waals surface area contributed by atoms with Gasteiger partial charge in [-0.15, -0.1) is 23.1 Å². The van der Waals surface area contributed by atoms with Gasteiger partial charge in [-0.3, -0.25) is 0 Å². The van der Waals surface area contributed by atoms with Gasteiger partial charge in [0.25, 0.3) is 0 Å². The molecule has 1 aromatic rings. The molecule has 1 aliphatic heterocycles. The zero-order valence-electron chi connectivity index (χ0n) is 9.48. The average Bonchev–Trinajstić information content (AvgIpc) is 2.87. The van der Waals surface area contributed by atoms with Crippen LogP contribution < -0.4 is 5.32 Å². The summed E-state index contributed by atoms with van der Waals surface area (Å²) in [6.45, 7) is 2.34. The number of fused-ring (bicyclic) bond motifs is 1. The van der Waals surface area contributed by atoms with Crippen molar-refractivity contribution in [2.45, 2.75) is 47.7 Å². The molecule has 0 saturated carbocycles. The molecule has 2 heterocycles. The zero-order valence-corrected chi connectivity index (χ0v) is 11.1. The van der Waals surface area contributed by atoms with Crippen LogP contribution in [-0.4, -0.2) is 11.3 Å². The Bertz CT molecular complexity index is 388.